The monoisotopic (exact) mass is 352 g/mol. The molecule has 3 aliphatic rings. The van der Waals surface area contributed by atoms with Crippen LogP contribution in [0, 0.1) is 12.8 Å². The zero-order valence-corrected chi connectivity index (χ0v) is 16.0. The first-order valence-electron chi connectivity index (χ1n) is 9.92. The maximum atomic E-state index is 12.4. The molecule has 1 aromatic rings. The lowest BCUT2D eigenvalue weighted by Crippen LogP contribution is -2.52. The van der Waals surface area contributed by atoms with Gasteiger partial charge < -0.3 is 14.5 Å². The third-order valence-electron chi connectivity index (χ3n) is 6.20. The van der Waals surface area contributed by atoms with Gasteiger partial charge in [0.05, 0.1) is 27.0 Å². The molecule has 2 heterocycles. The predicted molar refractivity (Wildman–Crippen MR) is 104 cm³/mol. The Hall–Kier alpha value is -1.33. The Bertz CT molecular complexity index is 674. The fraction of sp³-hybridized carbons (Fsp3) is 0.667. The van der Waals surface area contributed by atoms with E-state index in [2.05, 4.69) is 37.1 Å². The zero-order valence-electron chi connectivity index (χ0n) is 16.0. The van der Waals surface area contributed by atoms with Crippen LogP contribution >= 0.6 is 0 Å². The maximum absolute atomic E-state index is 12.4. The Morgan fingerprint density at radius 1 is 1.31 bits per heavy atom. The van der Waals surface area contributed by atoms with Crippen molar-refractivity contribution in [1.82, 2.24) is 9.80 Å². The molecule has 3 fully saturated rings. The fourth-order valence-electron chi connectivity index (χ4n) is 4.30. The molecule has 4 nitrogen and oxygen atoms in total. The second-order valence-electron chi connectivity index (χ2n) is 8.52. The van der Waals surface area contributed by atoms with Crippen LogP contribution in [0.1, 0.15) is 35.4 Å². The summed E-state index contributed by atoms with van der Waals surface area (Å²) in [6.07, 6.45) is 2.77. The number of rotatable bonds is 5. The number of ether oxygens (including phenoxy) is 1. The van der Waals surface area contributed by atoms with Gasteiger partial charge >= 0.3 is 0 Å². The van der Waals surface area contributed by atoms with Gasteiger partial charge in [0.15, 0.2) is 0 Å². The molecule has 1 amide bonds. The molecule has 3 unspecified atom stereocenters. The molecule has 0 N–H and O–H groups in total. The van der Waals surface area contributed by atoms with E-state index in [1.165, 1.54) is 16.7 Å². The second kappa shape index (κ2) is 7.36. The van der Waals surface area contributed by atoms with E-state index in [-0.39, 0.29) is 12.0 Å². The van der Waals surface area contributed by atoms with Crippen molar-refractivity contribution >= 4 is 13.8 Å². The van der Waals surface area contributed by atoms with Gasteiger partial charge in [0.1, 0.15) is 0 Å². The van der Waals surface area contributed by atoms with Gasteiger partial charge in [-0.3, -0.25) is 4.79 Å². The van der Waals surface area contributed by atoms with E-state index in [4.69, 9.17) is 12.6 Å². The van der Waals surface area contributed by atoms with Gasteiger partial charge in [-0.05, 0) is 48.9 Å². The standard InChI is InChI=1S/C21H29BN2O2/c1-14-7-17(19-10-20(19)22)4-3-16(14)8-15-11-24(12-15)21(25)9-18-13-23(2)5-6-26-18/h3-4,7,15,18-20H,5-6,8-13H2,1-2H3. The van der Waals surface area contributed by atoms with Crippen molar-refractivity contribution in [3.63, 3.8) is 0 Å². The number of amides is 1. The Kier molecular flexibility index (Phi) is 5.11. The number of carbonyl (C=O) groups is 1. The lowest BCUT2D eigenvalue weighted by molar-refractivity contribution is -0.142. The number of aryl methyl sites for hydroxylation is 1. The van der Waals surface area contributed by atoms with Crippen molar-refractivity contribution in [3.8, 4) is 0 Å². The first-order valence-corrected chi connectivity index (χ1v) is 9.92. The first-order chi connectivity index (χ1) is 12.5. The van der Waals surface area contributed by atoms with Crippen molar-refractivity contribution in [2.75, 3.05) is 39.8 Å². The van der Waals surface area contributed by atoms with Gasteiger partial charge in [-0.25, -0.2) is 0 Å². The van der Waals surface area contributed by atoms with E-state index in [0.29, 0.717) is 24.1 Å². The Morgan fingerprint density at radius 3 is 2.73 bits per heavy atom. The molecule has 26 heavy (non-hydrogen) atoms. The van der Waals surface area contributed by atoms with Crippen molar-refractivity contribution in [3.05, 3.63) is 34.9 Å². The summed E-state index contributed by atoms with van der Waals surface area (Å²) in [4.78, 5) is 16.7. The van der Waals surface area contributed by atoms with Gasteiger partial charge in [-0.2, -0.15) is 0 Å². The number of hydrogen-bond donors (Lipinski definition) is 0. The van der Waals surface area contributed by atoms with E-state index in [1.807, 2.05) is 4.90 Å². The minimum Gasteiger partial charge on any atom is -0.375 e. The molecule has 2 radical (unpaired) electrons. The molecule has 0 spiro atoms. The summed E-state index contributed by atoms with van der Waals surface area (Å²) in [5, 5.41) is 0. The smallest absolute Gasteiger partial charge is 0.225 e. The molecule has 3 atom stereocenters. The molecule has 1 saturated carbocycles. The average molecular weight is 352 g/mol. The van der Waals surface area contributed by atoms with Crippen LogP contribution in [0.15, 0.2) is 18.2 Å². The normalized spacial score (nSPS) is 29.5. The van der Waals surface area contributed by atoms with Crippen molar-refractivity contribution < 1.29 is 9.53 Å². The van der Waals surface area contributed by atoms with E-state index < -0.39 is 0 Å². The predicted octanol–water partition coefficient (Wildman–Crippen LogP) is 2.16. The number of likely N-dealkylation sites (tertiary alicyclic amines) is 1. The Morgan fingerprint density at radius 2 is 2.08 bits per heavy atom. The van der Waals surface area contributed by atoms with Gasteiger partial charge in [-0.15, -0.1) is 0 Å². The van der Waals surface area contributed by atoms with Crippen LogP contribution in [0.4, 0.5) is 0 Å². The second-order valence-corrected chi connectivity index (χ2v) is 8.52. The van der Waals surface area contributed by atoms with Gasteiger partial charge in [-0.1, -0.05) is 30.4 Å². The SMILES string of the molecule is [B]C1CC1c1ccc(CC2CN(C(=O)CC3CN(C)CCO3)C2)c(C)c1. The van der Waals surface area contributed by atoms with Crippen LogP contribution in [-0.4, -0.2) is 69.5 Å². The van der Waals surface area contributed by atoms with Crippen LogP contribution in [0.3, 0.4) is 0 Å². The summed E-state index contributed by atoms with van der Waals surface area (Å²) >= 11 is 0. The Labute approximate surface area is 158 Å². The highest BCUT2D eigenvalue weighted by Gasteiger charge is 2.34. The molecular weight excluding hydrogens is 323 g/mol. The molecule has 2 aliphatic heterocycles. The molecule has 1 aliphatic carbocycles. The summed E-state index contributed by atoms with van der Waals surface area (Å²) in [6.45, 7) is 6.52. The number of nitrogens with zero attached hydrogens (tertiary/aromatic N) is 2. The minimum absolute atomic E-state index is 0.0592. The van der Waals surface area contributed by atoms with Crippen molar-refractivity contribution in [2.45, 2.75) is 44.0 Å². The summed E-state index contributed by atoms with van der Waals surface area (Å²) in [5.74, 6) is 1.76. The van der Waals surface area contributed by atoms with Crippen LogP contribution in [0.25, 0.3) is 0 Å². The minimum atomic E-state index is 0.0592. The number of benzene rings is 1. The highest BCUT2D eigenvalue weighted by molar-refractivity contribution is 6.14. The third-order valence-corrected chi connectivity index (χ3v) is 6.20. The molecular formula is C21H29BN2O2. The molecule has 138 valence electrons. The van der Waals surface area contributed by atoms with Gasteiger partial charge in [0.2, 0.25) is 5.91 Å². The van der Waals surface area contributed by atoms with Crippen LogP contribution in [0.2, 0.25) is 5.82 Å². The summed E-state index contributed by atoms with van der Waals surface area (Å²) in [6, 6.07) is 6.83. The summed E-state index contributed by atoms with van der Waals surface area (Å²) < 4.78 is 5.72. The van der Waals surface area contributed by atoms with Crippen LogP contribution in [0.5, 0.6) is 0 Å². The maximum Gasteiger partial charge on any atom is 0.225 e. The van der Waals surface area contributed by atoms with Crippen molar-refractivity contribution in [2.24, 2.45) is 5.92 Å². The first kappa shape index (κ1) is 18.1. The van der Waals surface area contributed by atoms with E-state index in [9.17, 15) is 4.79 Å². The highest BCUT2D eigenvalue weighted by atomic mass is 16.5. The molecule has 4 rings (SSSR count). The number of morpholine rings is 1. The largest absolute Gasteiger partial charge is 0.375 e. The van der Waals surface area contributed by atoms with E-state index in [0.717, 1.165) is 45.6 Å². The Balaban J connectivity index is 1.24. The van der Waals surface area contributed by atoms with Crippen LogP contribution < -0.4 is 0 Å². The van der Waals surface area contributed by atoms with Crippen molar-refractivity contribution in [1.29, 1.82) is 0 Å². The molecule has 0 bridgehead atoms. The van der Waals surface area contributed by atoms with E-state index >= 15 is 0 Å². The van der Waals surface area contributed by atoms with Gasteiger partial charge in [0.25, 0.3) is 0 Å². The summed E-state index contributed by atoms with van der Waals surface area (Å²) in [5.41, 5.74) is 4.17. The van der Waals surface area contributed by atoms with Crippen LogP contribution in [-0.2, 0) is 16.0 Å². The molecule has 1 aromatic carbocycles. The molecule has 0 aromatic heterocycles. The topological polar surface area (TPSA) is 32.8 Å². The highest BCUT2D eigenvalue weighted by Crippen LogP contribution is 2.50. The third kappa shape index (κ3) is 3.99. The summed E-state index contributed by atoms with van der Waals surface area (Å²) in [7, 11) is 8.05. The quantitative estimate of drug-likeness (QED) is 0.762. The molecule has 2 saturated heterocycles. The lowest BCUT2D eigenvalue weighted by atomic mass is 9.88. The molecule has 5 heteroatoms. The van der Waals surface area contributed by atoms with E-state index in [1.54, 1.807) is 0 Å². The fourth-order valence-corrected chi connectivity index (χ4v) is 4.30. The zero-order chi connectivity index (χ0) is 18.3. The lowest BCUT2D eigenvalue weighted by Gasteiger charge is -2.41. The number of likely N-dealkylation sites (N-methyl/N-ethyl adjacent to an activating group) is 1. The number of carbonyl (C=O) groups excluding carboxylic acids is 1. The number of hydrogen-bond acceptors (Lipinski definition) is 3. The van der Waals surface area contributed by atoms with Gasteiger partial charge in [0, 0.05) is 26.2 Å². The average Bonchev–Trinajstić information content (AvgIpc) is 3.28.